The Kier molecular flexibility index (Phi) is 5.28. The first-order chi connectivity index (χ1) is 7.58. The van der Waals surface area contributed by atoms with E-state index < -0.39 is 0 Å². The molecule has 5 heteroatoms. The first-order valence-corrected chi connectivity index (χ1v) is 7.40. The van der Waals surface area contributed by atoms with Crippen LogP contribution >= 0.6 is 38.9 Å². The maximum Gasteiger partial charge on any atom is 0.262 e. The van der Waals surface area contributed by atoms with E-state index in [0.717, 1.165) is 17.3 Å². The minimum atomic E-state index is -0.290. The largest absolute Gasteiger partial charge is 0.345 e. The highest BCUT2D eigenvalue weighted by Gasteiger charge is 2.28. The quantitative estimate of drug-likeness (QED) is 0.814. The van der Waals surface area contributed by atoms with Crippen LogP contribution in [0, 0.1) is 0 Å². The number of carbonyl (C=O) groups is 1. The number of alkyl halides is 1. The van der Waals surface area contributed by atoms with Crippen LogP contribution in [0.3, 0.4) is 0 Å². The molecule has 0 spiro atoms. The van der Waals surface area contributed by atoms with Crippen LogP contribution in [-0.4, -0.2) is 17.3 Å². The van der Waals surface area contributed by atoms with Crippen molar-refractivity contribution in [3.63, 3.8) is 0 Å². The maximum atomic E-state index is 12.0. The summed E-state index contributed by atoms with van der Waals surface area (Å²) >= 11 is 10.7. The van der Waals surface area contributed by atoms with E-state index in [1.54, 1.807) is 0 Å². The predicted molar refractivity (Wildman–Crippen MR) is 73.5 cm³/mol. The average Bonchev–Trinajstić information content (AvgIpc) is 2.72. The van der Waals surface area contributed by atoms with Gasteiger partial charge in [-0.1, -0.05) is 13.8 Å². The van der Waals surface area contributed by atoms with Gasteiger partial charge in [-0.15, -0.1) is 22.9 Å². The average molecular weight is 325 g/mol. The van der Waals surface area contributed by atoms with Crippen molar-refractivity contribution >= 4 is 44.8 Å². The summed E-state index contributed by atoms with van der Waals surface area (Å²) in [6.45, 7) is 4.07. The predicted octanol–water partition coefficient (Wildman–Crippen LogP) is 4.04. The van der Waals surface area contributed by atoms with Gasteiger partial charge in [-0.25, -0.2) is 0 Å². The summed E-state index contributed by atoms with van der Waals surface area (Å²) in [6.07, 6.45) is 1.67. The normalized spacial score (nSPS) is 11.5. The van der Waals surface area contributed by atoms with Crippen molar-refractivity contribution in [1.82, 2.24) is 5.32 Å². The molecule has 0 bridgehead atoms. The van der Waals surface area contributed by atoms with Gasteiger partial charge in [0, 0.05) is 10.4 Å². The fourth-order valence-corrected chi connectivity index (χ4v) is 3.29. The maximum absolute atomic E-state index is 12.0. The van der Waals surface area contributed by atoms with Gasteiger partial charge in [-0.05, 0) is 40.2 Å². The topological polar surface area (TPSA) is 29.1 Å². The van der Waals surface area contributed by atoms with Crippen molar-refractivity contribution in [2.45, 2.75) is 32.2 Å². The van der Waals surface area contributed by atoms with Gasteiger partial charge < -0.3 is 5.32 Å². The number of carbonyl (C=O) groups excluding carboxylic acids is 1. The van der Waals surface area contributed by atoms with Crippen LogP contribution in [0.2, 0.25) is 0 Å². The minimum absolute atomic E-state index is 0.0498. The zero-order chi connectivity index (χ0) is 12.2. The number of hydrogen-bond acceptors (Lipinski definition) is 2. The molecule has 1 amide bonds. The third-order valence-electron chi connectivity index (χ3n) is 2.81. The zero-order valence-electron chi connectivity index (χ0n) is 9.35. The molecule has 2 nitrogen and oxygen atoms in total. The molecule has 0 saturated carbocycles. The number of hydrogen-bond donors (Lipinski definition) is 1. The highest BCUT2D eigenvalue weighted by Crippen LogP contribution is 2.24. The molecule has 1 rings (SSSR count). The van der Waals surface area contributed by atoms with Gasteiger partial charge in [-0.2, -0.15) is 0 Å². The molecule has 90 valence electrons. The number of nitrogens with one attached hydrogen (secondary N) is 1. The Morgan fingerprint density at radius 3 is 2.56 bits per heavy atom. The number of amides is 1. The van der Waals surface area contributed by atoms with E-state index in [2.05, 4.69) is 21.2 Å². The summed E-state index contributed by atoms with van der Waals surface area (Å²) in [6, 6.07) is 1.87. The Labute approximate surface area is 114 Å². The third-order valence-corrected chi connectivity index (χ3v) is 5.16. The Morgan fingerprint density at radius 1 is 1.56 bits per heavy atom. The Bertz CT molecular complexity index is 354. The molecule has 0 atom stereocenters. The van der Waals surface area contributed by atoms with Gasteiger partial charge >= 0.3 is 0 Å². The van der Waals surface area contributed by atoms with Gasteiger partial charge in [0.25, 0.3) is 5.91 Å². The molecule has 1 aromatic rings. The van der Waals surface area contributed by atoms with Crippen LogP contribution in [0.4, 0.5) is 0 Å². The molecular weight excluding hydrogens is 310 g/mol. The van der Waals surface area contributed by atoms with Crippen LogP contribution in [0.25, 0.3) is 0 Å². The number of rotatable bonds is 5. The van der Waals surface area contributed by atoms with Crippen LogP contribution in [0.15, 0.2) is 15.9 Å². The summed E-state index contributed by atoms with van der Waals surface area (Å²) < 4.78 is 0.839. The molecule has 0 aliphatic carbocycles. The second-order valence-corrected chi connectivity index (χ2v) is 5.71. The zero-order valence-corrected chi connectivity index (χ0v) is 12.5. The number of thiophene rings is 1. The lowest BCUT2D eigenvalue weighted by atomic mass is 9.95. The van der Waals surface area contributed by atoms with E-state index >= 15 is 0 Å². The second kappa shape index (κ2) is 6.03. The first-order valence-electron chi connectivity index (χ1n) is 5.20. The molecule has 0 fully saturated rings. The molecule has 1 N–H and O–H groups in total. The molecule has 0 aromatic carbocycles. The van der Waals surface area contributed by atoms with Gasteiger partial charge in [0.1, 0.15) is 4.88 Å². The van der Waals surface area contributed by atoms with Crippen molar-refractivity contribution in [3.05, 3.63) is 20.8 Å². The molecule has 0 aliphatic heterocycles. The van der Waals surface area contributed by atoms with Crippen molar-refractivity contribution in [3.8, 4) is 0 Å². The van der Waals surface area contributed by atoms with E-state index in [9.17, 15) is 4.79 Å². The number of halogens is 2. The van der Waals surface area contributed by atoms with E-state index in [1.807, 2.05) is 25.3 Å². The van der Waals surface area contributed by atoms with Gasteiger partial charge in [0.2, 0.25) is 0 Å². The van der Waals surface area contributed by atoms with Crippen LogP contribution in [0.1, 0.15) is 36.4 Å². The lowest BCUT2D eigenvalue weighted by Crippen LogP contribution is -2.49. The lowest BCUT2D eigenvalue weighted by Gasteiger charge is -2.30. The third kappa shape index (κ3) is 2.99. The monoisotopic (exact) mass is 323 g/mol. The molecule has 0 unspecified atom stereocenters. The summed E-state index contributed by atoms with van der Waals surface area (Å²) in [5.41, 5.74) is -0.290. The Morgan fingerprint density at radius 2 is 2.19 bits per heavy atom. The van der Waals surface area contributed by atoms with Crippen LogP contribution < -0.4 is 5.32 Å². The standard InChI is InChI=1S/C11H15BrClNOS/c1-3-11(4-2,7-13)14-10(15)9-8(12)5-6-16-9/h5-6H,3-4,7H2,1-2H3,(H,14,15). The molecule has 0 saturated heterocycles. The SMILES string of the molecule is CCC(CC)(CCl)NC(=O)c1sccc1Br. The second-order valence-electron chi connectivity index (χ2n) is 3.67. The Balaban J connectivity index is 2.81. The summed E-state index contributed by atoms with van der Waals surface area (Å²) in [4.78, 5) is 12.7. The Hall–Kier alpha value is -0.0600. The lowest BCUT2D eigenvalue weighted by molar-refractivity contribution is 0.0906. The van der Waals surface area contributed by atoms with E-state index in [-0.39, 0.29) is 11.4 Å². The van der Waals surface area contributed by atoms with E-state index in [0.29, 0.717) is 10.8 Å². The smallest absolute Gasteiger partial charge is 0.262 e. The van der Waals surface area contributed by atoms with Crippen molar-refractivity contribution in [1.29, 1.82) is 0 Å². The molecule has 1 aromatic heterocycles. The molecule has 0 aliphatic rings. The van der Waals surface area contributed by atoms with Crippen molar-refractivity contribution in [2.75, 3.05) is 5.88 Å². The fraction of sp³-hybridized carbons (Fsp3) is 0.545. The molecular formula is C11H15BrClNOS. The molecule has 0 radical (unpaired) electrons. The molecule has 16 heavy (non-hydrogen) atoms. The van der Waals surface area contributed by atoms with Crippen molar-refractivity contribution < 1.29 is 4.79 Å². The highest BCUT2D eigenvalue weighted by molar-refractivity contribution is 9.10. The van der Waals surface area contributed by atoms with Crippen LogP contribution in [-0.2, 0) is 0 Å². The van der Waals surface area contributed by atoms with E-state index in [4.69, 9.17) is 11.6 Å². The summed E-state index contributed by atoms with van der Waals surface area (Å²) in [5, 5.41) is 4.92. The van der Waals surface area contributed by atoms with Gasteiger partial charge in [-0.3, -0.25) is 4.79 Å². The van der Waals surface area contributed by atoms with Gasteiger partial charge in [0.15, 0.2) is 0 Å². The van der Waals surface area contributed by atoms with Gasteiger partial charge in [0.05, 0.1) is 5.54 Å². The van der Waals surface area contributed by atoms with E-state index in [1.165, 1.54) is 11.3 Å². The molecule has 1 heterocycles. The minimum Gasteiger partial charge on any atom is -0.345 e. The van der Waals surface area contributed by atoms with Crippen LogP contribution in [0.5, 0.6) is 0 Å². The summed E-state index contributed by atoms with van der Waals surface area (Å²) in [7, 11) is 0. The summed E-state index contributed by atoms with van der Waals surface area (Å²) in [5.74, 6) is 0.389. The van der Waals surface area contributed by atoms with Crippen molar-refractivity contribution in [2.24, 2.45) is 0 Å². The fourth-order valence-electron chi connectivity index (χ4n) is 1.40. The first kappa shape index (κ1) is 14.0. The highest BCUT2D eigenvalue weighted by atomic mass is 79.9.